The van der Waals surface area contributed by atoms with E-state index in [9.17, 15) is 13.6 Å². The lowest BCUT2D eigenvalue weighted by Crippen LogP contribution is -2.16. The molecule has 108 valence electrons. The minimum Gasteiger partial charge on any atom is -0.351 e. The van der Waals surface area contributed by atoms with Crippen molar-refractivity contribution in [3.05, 3.63) is 60.4 Å². The van der Waals surface area contributed by atoms with E-state index in [4.69, 9.17) is 0 Å². The second-order valence-corrected chi connectivity index (χ2v) is 4.01. The number of nitrogens with one attached hydrogen (secondary N) is 2. The molecule has 0 aliphatic heterocycles. The molecule has 0 unspecified atom stereocenters. The largest absolute Gasteiger partial charge is 0.351 e. The highest BCUT2D eigenvalue weighted by Gasteiger charge is 2.12. The van der Waals surface area contributed by atoms with Gasteiger partial charge in [0.15, 0.2) is 0 Å². The summed E-state index contributed by atoms with van der Waals surface area (Å²) in [4.78, 5) is 19.9. The van der Waals surface area contributed by atoms with Crippen molar-refractivity contribution in [2.24, 2.45) is 0 Å². The topological polar surface area (TPSA) is 66.9 Å². The Bertz CT molecular complexity index is 676. The molecule has 21 heavy (non-hydrogen) atoms. The van der Waals surface area contributed by atoms with Crippen molar-refractivity contribution < 1.29 is 13.6 Å². The molecule has 2 N–H and O–H groups in total. The second-order valence-electron chi connectivity index (χ2n) is 4.01. The predicted molar refractivity (Wildman–Crippen MR) is 75.0 cm³/mol. The molecule has 0 aliphatic rings. The number of rotatable bonds is 5. The molecule has 1 amide bonds. The Kier molecular flexibility index (Phi) is 4.55. The molecule has 1 heterocycles. The van der Waals surface area contributed by atoms with Gasteiger partial charge in [-0.1, -0.05) is 6.08 Å². The molecule has 0 radical (unpaired) electrons. The number of hydrogen-bond donors (Lipinski definition) is 2. The van der Waals surface area contributed by atoms with E-state index in [1.165, 1.54) is 12.3 Å². The van der Waals surface area contributed by atoms with Crippen LogP contribution in [0.3, 0.4) is 0 Å². The number of halogens is 2. The van der Waals surface area contributed by atoms with Crippen LogP contribution in [0.4, 0.5) is 20.4 Å². The highest BCUT2D eigenvalue weighted by molar-refractivity contribution is 6.03. The minimum absolute atomic E-state index is 0.0558. The SMILES string of the molecule is C=CCNc1nccc(C(=O)Nc2ccc(F)cc2F)n1. The smallest absolute Gasteiger partial charge is 0.274 e. The summed E-state index contributed by atoms with van der Waals surface area (Å²) in [5.74, 6) is -1.95. The summed E-state index contributed by atoms with van der Waals surface area (Å²) in [7, 11) is 0. The maximum atomic E-state index is 13.5. The van der Waals surface area contributed by atoms with Crippen molar-refractivity contribution in [3.63, 3.8) is 0 Å². The average Bonchev–Trinajstić information content (AvgIpc) is 2.48. The Labute approximate surface area is 119 Å². The maximum absolute atomic E-state index is 13.5. The van der Waals surface area contributed by atoms with E-state index in [0.717, 1.165) is 12.1 Å². The fourth-order valence-corrected chi connectivity index (χ4v) is 1.51. The van der Waals surface area contributed by atoms with E-state index in [-0.39, 0.29) is 17.3 Å². The standard InChI is InChI=1S/C14H12F2N4O/c1-2-6-17-14-18-7-5-12(20-14)13(21)19-11-4-3-9(15)8-10(11)16/h2-5,7-8H,1,6H2,(H,19,21)(H,17,18,20). The molecule has 0 fully saturated rings. The number of hydrogen-bond acceptors (Lipinski definition) is 4. The van der Waals surface area contributed by atoms with Crippen LogP contribution in [0.5, 0.6) is 0 Å². The number of carbonyl (C=O) groups is 1. The zero-order valence-electron chi connectivity index (χ0n) is 10.9. The number of benzene rings is 1. The lowest BCUT2D eigenvalue weighted by Gasteiger charge is -2.07. The molecule has 1 aromatic carbocycles. The number of nitrogens with zero attached hydrogens (tertiary/aromatic N) is 2. The van der Waals surface area contributed by atoms with Gasteiger partial charge in [-0.2, -0.15) is 0 Å². The summed E-state index contributed by atoms with van der Waals surface area (Å²) in [6, 6.07) is 4.26. The summed E-state index contributed by atoms with van der Waals surface area (Å²) >= 11 is 0. The van der Waals surface area contributed by atoms with E-state index in [0.29, 0.717) is 12.6 Å². The van der Waals surface area contributed by atoms with Crippen LogP contribution in [0.15, 0.2) is 43.1 Å². The normalized spacial score (nSPS) is 10.0. The number of anilines is 2. The fourth-order valence-electron chi connectivity index (χ4n) is 1.51. The van der Waals surface area contributed by atoms with Crippen LogP contribution in [0.2, 0.25) is 0 Å². The van der Waals surface area contributed by atoms with Crippen LogP contribution < -0.4 is 10.6 Å². The second kappa shape index (κ2) is 6.56. The van der Waals surface area contributed by atoms with Crippen LogP contribution in [0.25, 0.3) is 0 Å². The third kappa shape index (κ3) is 3.82. The Morgan fingerprint density at radius 3 is 2.86 bits per heavy atom. The van der Waals surface area contributed by atoms with E-state index in [2.05, 4.69) is 27.2 Å². The van der Waals surface area contributed by atoms with Gasteiger partial charge in [0, 0.05) is 18.8 Å². The summed E-state index contributed by atoms with van der Waals surface area (Å²) in [6.45, 7) is 3.98. The molecule has 0 spiro atoms. The molecule has 0 saturated carbocycles. The van der Waals surface area contributed by atoms with Gasteiger partial charge >= 0.3 is 0 Å². The van der Waals surface area contributed by atoms with Gasteiger partial charge in [0.05, 0.1) is 5.69 Å². The van der Waals surface area contributed by atoms with E-state index in [1.807, 2.05) is 0 Å². The van der Waals surface area contributed by atoms with E-state index in [1.54, 1.807) is 6.08 Å². The first kappa shape index (κ1) is 14.6. The zero-order valence-corrected chi connectivity index (χ0v) is 10.9. The zero-order chi connectivity index (χ0) is 15.2. The first-order valence-electron chi connectivity index (χ1n) is 6.04. The molecular weight excluding hydrogens is 278 g/mol. The Balaban J connectivity index is 2.14. The van der Waals surface area contributed by atoms with Crippen molar-refractivity contribution in [3.8, 4) is 0 Å². The van der Waals surface area contributed by atoms with Gasteiger partial charge in [-0.15, -0.1) is 6.58 Å². The summed E-state index contributed by atoms with van der Waals surface area (Å²) < 4.78 is 26.3. The average molecular weight is 290 g/mol. The fraction of sp³-hybridized carbons (Fsp3) is 0.0714. The first-order chi connectivity index (χ1) is 10.1. The molecule has 0 atom stereocenters. The molecule has 2 aromatic rings. The molecule has 7 heteroatoms. The Hall–Kier alpha value is -2.83. The predicted octanol–water partition coefficient (Wildman–Crippen LogP) is 2.61. The van der Waals surface area contributed by atoms with E-state index >= 15 is 0 Å². The first-order valence-corrected chi connectivity index (χ1v) is 6.04. The van der Waals surface area contributed by atoms with Gasteiger partial charge in [0.1, 0.15) is 17.3 Å². The van der Waals surface area contributed by atoms with Gasteiger partial charge in [0.2, 0.25) is 5.95 Å². The highest BCUT2D eigenvalue weighted by Crippen LogP contribution is 2.15. The van der Waals surface area contributed by atoms with Gasteiger partial charge in [-0.05, 0) is 18.2 Å². The van der Waals surface area contributed by atoms with Crippen LogP contribution in [-0.4, -0.2) is 22.4 Å². The summed E-state index contributed by atoms with van der Waals surface area (Å²) in [5, 5.41) is 5.15. The maximum Gasteiger partial charge on any atom is 0.274 e. The quantitative estimate of drug-likeness (QED) is 0.831. The van der Waals surface area contributed by atoms with Crippen molar-refractivity contribution in [1.82, 2.24) is 9.97 Å². The van der Waals surface area contributed by atoms with Crippen LogP contribution in [-0.2, 0) is 0 Å². The molecule has 0 aliphatic carbocycles. The Morgan fingerprint density at radius 2 is 2.14 bits per heavy atom. The van der Waals surface area contributed by atoms with Crippen LogP contribution in [0.1, 0.15) is 10.5 Å². The van der Waals surface area contributed by atoms with Gasteiger partial charge in [-0.3, -0.25) is 4.79 Å². The van der Waals surface area contributed by atoms with E-state index < -0.39 is 17.5 Å². The minimum atomic E-state index is -0.859. The van der Waals surface area contributed by atoms with Gasteiger partial charge in [0.25, 0.3) is 5.91 Å². The number of aromatic nitrogens is 2. The van der Waals surface area contributed by atoms with Crippen molar-refractivity contribution in [2.45, 2.75) is 0 Å². The van der Waals surface area contributed by atoms with Crippen molar-refractivity contribution in [2.75, 3.05) is 17.2 Å². The van der Waals surface area contributed by atoms with Crippen molar-refractivity contribution >= 4 is 17.5 Å². The summed E-state index contributed by atoms with van der Waals surface area (Å²) in [5.41, 5.74) is -0.0686. The summed E-state index contributed by atoms with van der Waals surface area (Å²) in [6.07, 6.45) is 3.01. The van der Waals surface area contributed by atoms with Crippen LogP contribution >= 0.6 is 0 Å². The lowest BCUT2D eigenvalue weighted by atomic mass is 10.3. The molecule has 5 nitrogen and oxygen atoms in total. The Morgan fingerprint density at radius 1 is 1.33 bits per heavy atom. The molecule has 0 saturated heterocycles. The monoisotopic (exact) mass is 290 g/mol. The third-order valence-electron chi connectivity index (χ3n) is 2.47. The lowest BCUT2D eigenvalue weighted by molar-refractivity contribution is 0.102. The van der Waals surface area contributed by atoms with Gasteiger partial charge < -0.3 is 10.6 Å². The molecule has 1 aromatic heterocycles. The highest BCUT2D eigenvalue weighted by atomic mass is 19.1. The third-order valence-corrected chi connectivity index (χ3v) is 2.47. The van der Waals surface area contributed by atoms with Gasteiger partial charge in [-0.25, -0.2) is 18.7 Å². The molecular formula is C14H12F2N4O. The van der Waals surface area contributed by atoms with Crippen LogP contribution in [0, 0.1) is 11.6 Å². The molecule has 2 rings (SSSR count). The van der Waals surface area contributed by atoms with Crippen molar-refractivity contribution in [1.29, 1.82) is 0 Å². The number of carbonyl (C=O) groups excluding carboxylic acids is 1. The molecule has 0 bridgehead atoms. The number of amides is 1.